The fraction of sp³-hybridized carbons (Fsp3) is 0.647. The highest BCUT2D eigenvalue weighted by Crippen LogP contribution is 2.17. The molecule has 0 aromatic carbocycles. The maximum Gasteiger partial charge on any atom is 0.0229 e. The molecule has 0 aromatic rings. The second kappa shape index (κ2) is 8.34. The van der Waals surface area contributed by atoms with Gasteiger partial charge in [0, 0.05) is 25.7 Å². The summed E-state index contributed by atoms with van der Waals surface area (Å²) in [5.74, 6) is 0. The third kappa shape index (κ3) is 5.33. The fourth-order valence-corrected chi connectivity index (χ4v) is 2.55. The van der Waals surface area contributed by atoms with Crippen molar-refractivity contribution in [2.24, 2.45) is 0 Å². The highest BCUT2D eigenvalue weighted by Gasteiger charge is 2.23. The van der Waals surface area contributed by atoms with Gasteiger partial charge in [0.05, 0.1) is 0 Å². The van der Waals surface area contributed by atoms with Crippen LogP contribution in [0.15, 0.2) is 35.5 Å². The van der Waals surface area contributed by atoms with Gasteiger partial charge in [0.1, 0.15) is 0 Å². The number of nitrogens with zero attached hydrogens (tertiary/aromatic N) is 2. The molecule has 1 aliphatic heterocycles. The molecule has 2 nitrogen and oxygen atoms in total. The molecule has 1 unspecified atom stereocenters. The second-order valence-corrected chi connectivity index (χ2v) is 5.48. The van der Waals surface area contributed by atoms with Gasteiger partial charge in [-0.25, -0.2) is 0 Å². The third-order valence-corrected chi connectivity index (χ3v) is 3.75. The van der Waals surface area contributed by atoms with Crippen LogP contribution in [0, 0.1) is 0 Å². The van der Waals surface area contributed by atoms with Crippen LogP contribution in [0.5, 0.6) is 0 Å². The van der Waals surface area contributed by atoms with Gasteiger partial charge in [0.25, 0.3) is 0 Å². The zero-order valence-corrected chi connectivity index (χ0v) is 13.3. The number of hydrogen-bond acceptors (Lipinski definition) is 2. The third-order valence-electron chi connectivity index (χ3n) is 3.75. The van der Waals surface area contributed by atoms with Crippen LogP contribution in [0.25, 0.3) is 0 Å². The van der Waals surface area contributed by atoms with Crippen LogP contribution in [-0.2, 0) is 0 Å². The Balaban J connectivity index is 0.000000861. The molecule has 0 amide bonds. The van der Waals surface area contributed by atoms with Gasteiger partial charge >= 0.3 is 0 Å². The van der Waals surface area contributed by atoms with Gasteiger partial charge in [-0.2, -0.15) is 0 Å². The van der Waals surface area contributed by atoms with E-state index in [4.69, 9.17) is 0 Å². The molecule has 1 heterocycles. The van der Waals surface area contributed by atoms with Crippen LogP contribution in [0.3, 0.4) is 0 Å². The summed E-state index contributed by atoms with van der Waals surface area (Å²) < 4.78 is 0. The van der Waals surface area contributed by atoms with E-state index in [1.807, 2.05) is 13.8 Å². The summed E-state index contributed by atoms with van der Waals surface area (Å²) in [6.07, 6.45) is 11.5. The lowest BCUT2D eigenvalue weighted by Gasteiger charge is -2.21. The minimum absolute atomic E-state index is 0.745. The molecule has 19 heavy (non-hydrogen) atoms. The van der Waals surface area contributed by atoms with E-state index in [0.29, 0.717) is 0 Å². The van der Waals surface area contributed by atoms with E-state index < -0.39 is 0 Å². The standard InChI is InChI=1S/C15H24N2.C2H6/c1-13-5-4-6-14(8-7-13)11-17-10-9-15(12-17)16(2)3;1-2/h4-5,7-8,15H,6,9-12H2,1-3H3;1-2H3. The van der Waals surface area contributed by atoms with Crippen molar-refractivity contribution in [3.05, 3.63) is 35.5 Å². The number of likely N-dealkylation sites (N-methyl/N-ethyl adjacent to an activating group) is 1. The molecular formula is C17H30N2. The summed E-state index contributed by atoms with van der Waals surface area (Å²) >= 11 is 0. The van der Waals surface area contributed by atoms with Crippen LogP contribution < -0.4 is 0 Å². The maximum atomic E-state index is 2.58. The van der Waals surface area contributed by atoms with E-state index in [1.54, 1.807) is 0 Å². The molecule has 1 saturated heterocycles. The first kappa shape index (κ1) is 16.2. The Morgan fingerprint density at radius 3 is 2.63 bits per heavy atom. The minimum atomic E-state index is 0.745. The van der Waals surface area contributed by atoms with Crippen molar-refractivity contribution in [1.29, 1.82) is 0 Å². The van der Waals surface area contributed by atoms with Crippen molar-refractivity contribution in [3.8, 4) is 0 Å². The van der Waals surface area contributed by atoms with Crippen LogP contribution in [0.2, 0.25) is 0 Å². The highest BCUT2D eigenvalue weighted by atomic mass is 15.2. The average molecular weight is 262 g/mol. The first-order valence-electron chi connectivity index (χ1n) is 7.57. The molecule has 1 fully saturated rings. The molecule has 1 aliphatic carbocycles. The van der Waals surface area contributed by atoms with E-state index in [2.05, 4.69) is 55.1 Å². The molecule has 0 spiro atoms. The van der Waals surface area contributed by atoms with E-state index in [-0.39, 0.29) is 0 Å². The molecule has 0 bridgehead atoms. The molecule has 0 radical (unpaired) electrons. The Hall–Kier alpha value is -0.860. The number of likely N-dealkylation sites (tertiary alicyclic amines) is 1. The number of rotatable bonds is 3. The SMILES string of the molecule is CC.CC1=CC=C(CN2CCC(N(C)C)C2)CC=C1. The molecule has 0 saturated carbocycles. The van der Waals surface area contributed by atoms with E-state index in [1.165, 1.54) is 30.7 Å². The van der Waals surface area contributed by atoms with E-state index in [0.717, 1.165) is 19.0 Å². The van der Waals surface area contributed by atoms with E-state index >= 15 is 0 Å². The Bertz CT molecular complexity index is 350. The fourth-order valence-electron chi connectivity index (χ4n) is 2.55. The summed E-state index contributed by atoms with van der Waals surface area (Å²) in [6.45, 7) is 9.76. The first-order valence-corrected chi connectivity index (χ1v) is 7.57. The lowest BCUT2D eigenvalue weighted by molar-refractivity contribution is 0.277. The van der Waals surface area contributed by atoms with Gasteiger partial charge in [-0.05, 0) is 33.9 Å². The van der Waals surface area contributed by atoms with Crippen molar-refractivity contribution in [2.45, 2.75) is 39.7 Å². The smallest absolute Gasteiger partial charge is 0.0229 e. The van der Waals surface area contributed by atoms with Gasteiger partial charge in [-0.3, -0.25) is 4.90 Å². The van der Waals surface area contributed by atoms with Crippen LogP contribution in [0.4, 0.5) is 0 Å². The number of hydrogen-bond donors (Lipinski definition) is 0. The average Bonchev–Trinajstić information content (AvgIpc) is 2.77. The van der Waals surface area contributed by atoms with Gasteiger partial charge in [0.2, 0.25) is 0 Å². The van der Waals surface area contributed by atoms with Crippen LogP contribution in [0.1, 0.15) is 33.6 Å². The molecule has 108 valence electrons. The predicted molar refractivity (Wildman–Crippen MR) is 85.5 cm³/mol. The Kier molecular flexibility index (Phi) is 7.11. The summed E-state index contributed by atoms with van der Waals surface area (Å²) in [4.78, 5) is 4.93. The molecule has 2 aliphatic rings. The van der Waals surface area contributed by atoms with Gasteiger partial charge in [-0.15, -0.1) is 0 Å². The zero-order valence-electron chi connectivity index (χ0n) is 13.3. The molecule has 0 N–H and O–H groups in total. The van der Waals surface area contributed by atoms with Crippen molar-refractivity contribution in [2.75, 3.05) is 33.7 Å². The predicted octanol–water partition coefficient (Wildman–Crippen LogP) is 3.48. The van der Waals surface area contributed by atoms with Crippen LogP contribution in [-0.4, -0.2) is 49.6 Å². The van der Waals surface area contributed by atoms with Crippen molar-refractivity contribution in [3.63, 3.8) is 0 Å². The molecule has 1 atom stereocenters. The lowest BCUT2D eigenvalue weighted by atomic mass is 10.1. The number of allylic oxidation sites excluding steroid dienone is 5. The monoisotopic (exact) mass is 262 g/mol. The van der Waals surface area contributed by atoms with Crippen LogP contribution >= 0.6 is 0 Å². The summed E-state index contributed by atoms with van der Waals surface area (Å²) in [6, 6.07) is 0.745. The summed E-state index contributed by atoms with van der Waals surface area (Å²) in [5.41, 5.74) is 2.89. The Morgan fingerprint density at radius 1 is 1.26 bits per heavy atom. The van der Waals surface area contributed by atoms with Gasteiger partial charge in [0.15, 0.2) is 0 Å². The van der Waals surface area contributed by atoms with Crippen molar-refractivity contribution in [1.82, 2.24) is 9.80 Å². The zero-order chi connectivity index (χ0) is 14.3. The molecule has 0 aromatic heterocycles. The second-order valence-electron chi connectivity index (χ2n) is 5.48. The maximum absolute atomic E-state index is 2.58. The first-order chi connectivity index (χ1) is 9.15. The summed E-state index contributed by atoms with van der Waals surface area (Å²) in [7, 11) is 4.38. The van der Waals surface area contributed by atoms with Gasteiger partial charge < -0.3 is 4.90 Å². The van der Waals surface area contributed by atoms with Crippen molar-refractivity contribution >= 4 is 0 Å². The normalized spacial score (nSPS) is 23.6. The lowest BCUT2D eigenvalue weighted by Crippen LogP contribution is -2.32. The molecule has 2 heteroatoms. The van der Waals surface area contributed by atoms with Crippen molar-refractivity contribution < 1.29 is 0 Å². The summed E-state index contributed by atoms with van der Waals surface area (Å²) in [5, 5.41) is 0. The van der Waals surface area contributed by atoms with E-state index in [9.17, 15) is 0 Å². The topological polar surface area (TPSA) is 6.48 Å². The molecular weight excluding hydrogens is 232 g/mol. The quantitative estimate of drug-likeness (QED) is 0.768. The highest BCUT2D eigenvalue weighted by molar-refractivity contribution is 5.30. The van der Waals surface area contributed by atoms with Gasteiger partial charge in [-0.1, -0.05) is 49.3 Å². The Morgan fingerprint density at radius 2 is 2.00 bits per heavy atom. The Labute approximate surface area is 119 Å². The molecule has 2 rings (SSSR count). The minimum Gasteiger partial charge on any atom is -0.305 e. The largest absolute Gasteiger partial charge is 0.305 e.